The molecule has 40 heavy (non-hydrogen) atoms. The number of methoxy groups -OCH3 is 1. The van der Waals surface area contributed by atoms with Crippen LogP contribution in [0.1, 0.15) is 94.3 Å². The van der Waals surface area contributed by atoms with Gasteiger partial charge in [0.2, 0.25) is 5.91 Å². The summed E-state index contributed by atoms with van der Waals surface area (Å²) in [7, 11) is 1.40. The Labute approximate surface area is 236 Å². The minimum Gasteiger partial charge on any atom is -0.496 e. The highest BCUT2D eigenvalue weighted by atomic mass is 19.1. The van der Waals surface area contributed by atoms with Gasteiger partial charge in [-0.25, -0.2) is 4.39 Å². The quantitative estimate of drug-likeness (QED) is 0.417. The molecule has 1 aromatic carbocycles. The summed E-state index contributed by atoms with van der Waals surface area (Å²) in [6.07, 6.45) is 10.6. The van der Waals surface area contributed by atoms with E-state index < -0.39 is 5.82 Å². The van der Waals surface area contributed by atoms with E-state index in [1.54, 1.807) is 6.92 Å². The molecule has 0 spiro atoms. The summed E-state index contributed by atoms with van der Waals surface area (Å²) < 4.78 is 31.5. The van der Waals surface area contributed by atoms with Gasteiger partial charge >= 0.3 is 5.97 Å². The van der Waals surface area contributed by atoms with Gasteiger partial charge in [-0.15, -0.1) is 0 Å². The van der Waals surface area contributed by atoms with Crippen LogP contribution in [-0.4, -0.2) is 49.7 Å². The highest BCUT2D eigenvalue weighted by Crippen LogP contribution is 2.49. The van der Waals surface area contributed by atoms with Crippen LogP contribution in [0.2, 0.25) is 0 Å². The van der Waals surface area contributed by atoms with Gasteiger partial charge in [0.1, 0.15) is 5.75 Å². The number of rotatable bonds is 9. The lowest BCUT2D eigenvalue weighted by Crippen LogP contribution is -2.51. The van der Waals surface area contributed by atoms with Gasteiger partial charge in [-0.05, 0) is 82.6 Å². The molecule has 4 atom stereocenters. The van der Waals surface area contributed by atoms with Crippen molar-refractivity contribution in [1.29, 1.82) is 0 Å². The molecule has 4 saturated carbocycles. The van der Waals surface area contributed by atoms with Crippen LogP contribution in [0.5, 0.6) is 11.5 Å². The van der Waals surface area contributed by atoms with Gasteiger partial charge in [0, 0.05) is 18.2 Å². The number of benzene rings is 1. The summed E-state index contributed by atoms with van der Waals surface area (Å²) in [6, 6.07) is 2.56. The van der Waals surface area contributed by atoms with E-state index in [0.29, 0.717) is 32.3 Å². The van der Waals surface area contributed by atoms with Gasteiger partial charge in [-0.2, -0.15) is 0 Å². The summed E-state index contributed by atoms with van der Waals surface area (Å²) in [5.74, 6) is -0.894. The molecule has 9 heteroatoms. The number of hydrogen-bond donors (Lipinski definition) is 2. The monoisotopic (exact) mass is 558 g/mol. The van der Waals surface area contributed by atoms with Crippen LogP contribution in [0, 0.1) is 29.5 Å². The maximum absolute atomic E-state index is 15.0. The number of nitrogens with one attached hydrogen (secondary N) is 2. The third-order valence-electron chi connectivity index (χ3n) is 9.55. The molecule has 220 valence electrons. The molecule has 4 fully saturated rings. The maximum atomic E-state index is 15.0. The van der Waals surface area contributed by atoms with E-state index >= 15 is 0 Å². The van der Waals surface area contributed by atoms with Crippen LogP contribution in [-0.2, 0) is 14.3 Å². The first-order chi connectivity index (χ1) is 19.4. The van der Waals surface area contributed by atoms with Gasteiger partial charge in [0.25, 0.3) is 5.91 Å². The molecule has 4 aliphatic rings. The van der Waals surface area contributed by atoms with Crippen molar-refractivity contribution in [2.24, 2.45) is 23.7 Å². The first kappa shape index (κ1) is 28.7. The van der Waals surface area contributed by atoms with Crippen LogP contribution < -0.4 is 20.1 Å². The zero-order valence-corrected chi connectivity index (χ0v) is 23.7. The van der Waals surface area contributed by atoms with Gasteiger partial charge < -0.3 is 24.8 Å². The van der Waals surface area contributed by atoms with Crippen molar-refractivity contribution in [2.75, 3.05) is 13.7 Å². The lowest BCUT2D eigenvalue weighted by atomic mass is 9.83. The standard InChI is InChI=1S/C31H43FN2O6/c1-3-39-31(37)18-11-13-22(14-12-18)40-26-16-23(25(38-2)17-24(26)32)29(35)34-28-20-10-9-19(15-20)27(28)30(36)33-21-7-5-4-6-8-21/h16-22,27-28H,3-15H2,1-2H3,(H,33,36)(H,34,35)/t18-,19-,20+,22+,27+,28-/m1/s1. The predicted molar refractivity (Wildman–Crippen MR) is 147 cm³/mol. The number of carbonyl (C=O) groups excluding carboxylic acids is 3. The van der Waals surface area contributed by atoms with Crippen molar-refractivity contribution in [1.82, 2.24) is 10.6 Å². The van der Waals surface area contributed by atoms with Gasteiger partial charge in [0.05, 0.1) is 37.2 Å². The Bertz CT molecular complexity index is 1080. The van der Waals surface area contributed by atoms with E-state index in [0.717, 1.165) is 44.9 Å². The second-order valence-electron chi connectivity index (χ2n) is 12.0. The Kier molecular flexibility index (Phi) is 9.16. The van der Waals surface area contributed by atoms with Crippen LogP contribution >= 0.6 is 0 Å². The Morgan fingerprint density at radius 1 is 0.900 bits per heavy atom. The normalized spacial score (nSPS) is 30.0. The molecule has 2 N–H and O–H groups in total. The molecule has 0 aliphatic heterocycles. The molecule has 0 unspecified atom stereocenters. The van der Waals surface area contributed by atoms with E-state index in [1.807, 2.05) is 0 Å². The molecule has 2 amide bonds. The summed E-state index contributed by atoms with van der Waals surface area (Å²) in [6.45, 7) is 2.14. The average Bonchev–Trinajstić information content (AvgIpc) is 3.57. The number of ether oxygens (including phenoxy) is 3. The smallest absolute Gasteiger partial charge is 0.308 e. The van der Waals surface area contributed by atoms with Crippen molar-refractivity contribution in [2.45, 2.75) is 102 Å². The number of esters is 1. The van der Waals surface area contributed by atoms with Gasteiger partial charge in [-0.3, -0.25) is 14.4 Å². The fourth-order valence-electron chi connectivity index (χ4n) is 7.48. The Hall–Kier alpha value is -2.84. The van der Waals surface area contributed by atoms with Crippen LogP contribution in [0.25, 0.3) is 0 Å². The van der Waals surface area contributed by atoms with Crippen LogP contribution in [0.15, 0.2) is 12.1 Å². The minimum atomic E-state index is -0.606. The fraction of sp³-hybridized carbons (Fsp3) is 0.710. The second kappa shape index (κ2) is 12.8. The summed E-state index contributed by atoms with van der Waals surface area (Å²) in [5.41, 5.74) is 0.188. The summed E-state index contributed by atoms with van der Waals surface area (Å²) in [4.78, 5) is 39.0. The van der Waals surface area contributed by atoms with Crippen molar-refractivity contribution in [3.8, 4) is 11.5 Å². The molecular weight excluding hydrogens is 515 g/mol. The first-order valence-corrected chi connectivity index (χ1v) is 15.2. The molecule has 1 aromatic rings. The maximum Gasteiger partial charge on any atom is 0.308 e. The third kappa shape index (κ3) is 6.23. The number of amides is 2. The van der Waals surface area contributed by atoms with Crippen molar-refractivity contribution in [3.63, 3.8) is 0 Å². The zero-order valence-electron chi connectivity index (χ0n) is 23.7. The van der Waals surface area contributed by atoms with E-state index in [9.17, 15) is 18.8 Å². The number of carbonyl (C=O) groups is 3. The lowest BCUT2D eigenvalue weighted by molar-refractivity contribution is -0.149. The topological polar surface area (TPSA) is 103 Å². The molecule has 4 aliphatic carbocycles. The molecule has 5 rings (SSSR count). The minimum absolute atomic E-state index is 0.00920. The highest BCUT2D eigenvalue weighted by Gasteiger charge is 2.51. The Morgan fingerprint density at radius 3 is 2.33 bits per heavy atom. The van der Waals surface area contributed by atoms with Crippen LogP contribution in [0.4, 0.5) is 4.39 Å². The predicted octanol–water partition coefficient (Wildman–Crippen LogP) is 4.93. The Balaban J connectivity index is 1.26. The first-order valence-electron chi connectivity index (χ1n) is 15.2. The summed E-state index contributed by atoms with van der Waals surface area (Å²) >= 11 is 0. The molecule has 0 saturated heterocycles. The third-order valence-corrected chi connectivity index (χ3v) is 9.55. The SMILES string of the molecule is CCOC(=O)[C@H]1CC[C@@H](Oc2cc(C(=O)N[C@@H]3[C@H]4CC[C@H](C4)[C@@H]3C(=O)NC3CCCCC3)c(OC)cc2F)CC1. The van der Waals surface area contributed by atoms with Crippen LogP contribution in [0.3, 0.4) is 0 Å². The molecule has 0 radical (unpaired) electrons. The van der Waals surface area contributed by atoms with Crippen molar-refractivity contribution in [3.05, 3.63) is 23.5 Å². The number of fused-ring (bicyclic) bond motifs is 2. The average molecular weight is 559 g/mol. The zero-order chi connectivity index (χ0) is 28.2. The molecule has 8 nitrogen and oxygen atoms in total. The fourth-order valence-corrected chi connectivity index (χ4v) is 7.48. The van der Waals surface area contributed by atoms with E-state index in [-0.39, 0.29) is 76.7 Å². The van der Waals surface area contributed by atoms with Crippen molar-refractivity contribution < 1.29 is 33.0 Å². The van der Waals surface area contributed by atoms with E-state index in [4.69, 9.17) is 14.2 Å². The Morgan fingerprint density at radius 2 is 1.62 bits per heavy atom. The molecule has 2 bridgehead atoms. The largest absolute Gasteiger partial charge is 0.496 e. The summed E-state index contributed by atoms with van der Waals surface area (Å²) in [5, 5.41) is 6.42. The van der Waals surface area contributed by atoms with Gasteiger partial charge in [0.15, 0.2) is 11.6 Å². The van der Waals surface area contributed by atoms with E-state index in [2.05, 4.69) is 10.6 Å². The molecule has 0 heterocycles. The van der Waals surface area contributed by atoms with Crippen molar-refractivity contribution >= 4 is 17.8 Å². The second-order valence-corrected chi connectivity index (χ2v) is 12.0. The number of hydrogen-bond acceptors (Lipinski definition) is 6. The van der Waals surface area contributed by atoms with Gasteiger partial charge in [-0.1, -0.05) is 19.3 Å². The molecular formula is C31H43FN2O6. The number of halogens is 1. The highest BCUT2D eigenvalue weighted by molar-refractivity contribution is 5.98. The molecule has 0 aromatic heterocycles. The lowest BCUT2D eigenvalue weighted by Gasteiger charge is -2.33. The van der Waals surface area contributed by atoms with E-state index in [1.165, 1.54) is 25.7 Å².